The number of carbonyl (C=O) groups excluding carboxylic acids is 2. The highest BCUT2D eigenvalue weighted by Crippen LogP contribution is 2.34. The van der Waals surface area contributed by atoms with Crippen LogP contribution in [0.4, 0.5) is 5.69 Å². The van der Waals surface area contributed by atoms with E-state index in [4.69, 9.17) is 23.2 Å². The zero-order valence-corrected chi connectivity index (χ0v) is 11.4. The van der Waals surface area contributed by atoms with Crippen LogP contribution in [-0.4, -0.2) is 16.9 Å². The predicted octanol–water partition coefficient (Wildman–Crippen LogP) is 3.50. The molecule has 4 nitrogen and oxygen atoms in total. The number of halogens is 2. The summed E-state index contributed by atoms with van der Waals surface area (Å²) in [6, 6.07) is 8.55. The van der Waals surface area contributed by atoms with Crippen molar-refractivity contribution in [3.05, 3.63) is 57.6 Å². The summed E-state index contributed by atoms with van der Waals surface area (Å²) in [6.07, 6.45) is 0. The second-order valence-electron chi connectivity index (χ2n) is 4.27. The number of phenols is 1. The highest BCUT2D eigenvalue weighted by atomic mass is 35.5. The highest BCUT2D eigenvalue weighted by Gasteiger charge is 2.37. The van der Waals surface area contributed by atoms with Crippen LogP contribution in [0.5, 0.6) is 5.75 Å². The molecule has 2 aromatic carbocycles. The summed E-state index contributed by atoms with van der Waals surface area (Å²) in [5, 5.41) is 9.70. The van der Waals surface area contributed by atoms with E-state index in [2.05, 4.69) is 0 Å². The Kier molecular flexibility index (Phi) is 2.92. The van der Waals surface area contributed by atoms with Crippen molar-refractivity contribution < 1.29 is 14.7 Å². The van der Waals surface area contributed by atoms with Gasteiger partial charge in [0.05, 0.1) is 26.9 Å². The van der Waals surface area contributed by atoms with E-state index in [1.165, 1.54) is 36.4 Å². The van der Waals surface area contributed by atoms with Gasteiger partial charge in [0.25, 0.3) is 11.8 Å². The zero-order valence-electron chi connectivity index (χ0n) is 9.93. The second kappa shape index (κ2) is 4.51. The fourth-order valence-corrected chi connectivity index (χ4v) is 2.40. The van der Waals surface area contributed by atoms with Crippen molar-refractivity contribution in [2.75, 3.05) is 4.90 Å². The van der Waals surface area contributed by atoms with E-state index in [0.29, 0.717) is 5.69 Å². The van der Waals surface area contributed by atoms with Crippen LogP contribution in [-0.2, 0) is 0 Å². The molecular formula is C14H7Cl2NO3. The van der Waals surface area contributed by atoms with Crippen LogP contribution in [0.15, 0.2) is 36.4 Å². The van der Waals surface area contributed by atoms with Crippen molar-refractivity contribution in [1.29, 1.82) is 0 Å². The van der Waals surface area contributed by atoms with E-state index in [-0.39, 0.29) is 26.9 Å². The first kappa shape index (κ1) is 13.0. The average Bonchev–Trinajstić information content (AvgIpc) is 2.65. The van der Waals surface area contributed by atoms with Gasteiger partial charge in [-0.3, -0.25) is 9.59 Å². The smallest absolute Gasteiger partial charge is 0.266 e. The number of fused-ring (bicyclic) bond motifs is 1. The van der Waals surface area contributed by atoms with Crippen molar-refractivity contribution >= 4 is 40.7 Å². The van der Waals surface area contributed by atoms with E-state index in [1.807, 2.05) is 0 Å². The molecule has 0 spiro atoms. The molecule has 100 valence electrons. The van der Waals surface area contributed by atoms with Crippen LogP contribution in [0.3, 0.4) is 0 Å². The van der Waals surface area contributed by atoms with Crippen molar-refractivity contribution in [2.45, 2.75) is 0 Å². The Bertz CT molecular complexity index is 700. The topological polar surface area (TPSA) is 57.6 Å². The molecule has 0 radical (unpaired) electrons. The molecule has 1 heterocycles. The molecule has 0 fully saturated rings. The highest BCUT2D eigenvalue weighted by molar-refractivity contribution is 6.44. The van der Waals surface area contributed by atoms with Gasteiger partial charge in [-0.25, -0.2) is 4.90 Å². The Morgan fingerprint density at radius 3 is 1.75 bits per heavy atom. The Labute approximate surface area is 124 Å². The molecule has 1 aliphatic heterocycles. The lowest BCUT2D eigenvalue weighted by Crippen LogP contribution is -2.29. The van der Waals surface area contributed by atoms with Gasteiger partial charge in [0.2, 0.25) is 0 Å². The molecule has 0 saturated carbocycles. The summed E-state index contributed by atoms with van der Waals surface area (Å²) >= 11 is 11.7. The molecule has 1 aliphatic rings. The molecule has 2 amide bonds. The van der Waals surface area contributed by atoms with Crippen LogP contribution in [0.25, 0.3) is 0 Å². The SMILES string of the molecule is O=C1c2cc(Cl)c(Cl)cc2C(=O)N1c1ccc(O)cc1. The maximum atomic E-state index is 12.3. The van der Waals surface area contributed by atoms with Crippen molar-refractivity contribution in [2.24, 2.45) is 0 Å². The normalized spacial score (nSPS) is 13.8. The molecule has 1 N–H and O–H groups in total. The monoisotopic (exact) mass is 307 g/mol. The lowest BCUT2D eigenvalue weighted by molar-refractivity contribution is 0.0926. The molecule has 20 heavy (non-hydrogen) atoms. The number of carbonyl (C=O) groups is 2. The Balaban J connectivity index is 2.12. The molecule has 0 bridgehead atoms. The minimum Gasteiger partial charge on any atom is -0.508 e. The van der Waals surface area contributed by atoms with E-state index < -0.39 is 11.8 Å². The maximum absolute atomic E-state index is 12.3. The van der Waals surface area contributed by atoms with Crippen molar-refractivity contribution in [1.82, 2.24) is 0 Å². The summed E-state index contributed by atoms with van der Waals surface area (Å²) < 4.78 is 0. The number of hydrogen-bond acceptors (Lipinski definition) is 3. The summed E-state index contributed by atoms with van der Waals surface area (Å²) in [4.78, 5) is 25.6. The fourth-order valence-electron chi connectivity index (χ4n) is 2.07. The summed E-state index contributed by atoms with van der Waals surface area (Å²) in [5.41, 5.74) is 0.816. The van der Waals surface area contributed by atoms with E-state index in [9.17, 15) is 14.7 Å². The molecule has 0 aromatic heterocycles. The van der Waals surface area contributed by atoms with E-state index in [1.54, 1.807) is 0 Å². The quantitative estimate of drug-likeness (QED) is 0.820. The van der Waals surface area contributed by atoms with Crippen LogP contribution < -0.4 is 4.90 Å². The number of amides is 2. The molecule has 0 saturated heterocycles. The summed E-state index contributed by atoms with van der Waals surface area (Å²) in [6.45, 7) is 0. The van der Waals surface area contributed by atoms with Gasteiger partial charge in [0.15, 0.2) is 0 Å². The van der Waals surface area contributed by atoms with Crippen LogP contribution in [0, 0.1) is 0 Å². The first-order chi connectivity index (χ1) is 9.49. The zero-order chi connectivity index (χ0) is 14.4. The van der Waals surface area contributed by atoms with E-state index >= 15 is 0 Å². The van der Waals surface area contributed by atoms with Gasteiger partial charge in [-0.05, 0) is 36.4 Å². The van der Waals surface area contributed by atoms with Crippen molar-refractivity contribution in [3.63, 3.8) is 0 Å². The number of hydrogen-bond donors (Lipinski definition) is 1. The minimum atomic E-state index is -0.464. The van der Waals surface area contributed by atoms with Gasteiger partial charge >= 0.3 is 0 Å². The first-order valence-corrected chi connectivity index (χ1v) is 6.41. The van der Waals surface area contributed by atoms with Gasteiger partial charge in [-0.15, -0.1) is 0 Å². The minimum absolute atomic E-state index is 0.0523. The van der Waals surface area contributed by atoms with Crippen LogP contribution in [0.2, 0.25) is 10.0 Å². The summed E-state index contributed by atoms with van der Waals surface area (Å²) in [5.74, 6) is -0.875. The molecule has 0 unspecified atom stereocenters. The van der Waals surface area contributed by atoms with Gasteiger partial charge < -0.3 is 5.11 Å². The number of nitrogens with zero attached hydrogens (tertiary/aromatic N) is 1. The third-order valence-electron chi connectivity index (χ3n) is 3.04. The third kappa shape index (κ3) is 1.85. The lowest BCUT2D eigenvalue weighted by Gasteiger charge is -2.13. The Morgan fingerprint density at radius 1 is 0.850 bits per heavy atom. The number of rotatable bonds is 1. The molecule has 0 aliphatic carbocycles. The van der Waals surface area contributed by atoms with Gasteiger partial charge in [0.1, 0.15) is 5.75 Å². The first-order valence-electron chi connectivity index (χ1n) is 5.66. The summed E-state index contributed by atoms with van der Waals surface area (Å²) in [7, 11) is 0. The van der Waals surface area contributed by atoms with Gasteiger partial charge in [-0.2, -0.15) is 0 Å². The standard InChI is InChI=1S/C14H7Cl2NO3/c15-11-5-9-10(6-12(11)16)14(20)17(13(9)19)7-1-3-8(18)4-2-7/h1-6,18H. The van der Waals surface area contributed by atoms with Gasteiger partial charge in [-0.1, -0.05) is 23.2 Å². The lowest BCUT2D eigenvalue weighted by atomic mass is 10.1. The maximum Gasteiger partial charge on any atom is 0.266 e. The van der Waals surface area contributed by atoms with Crippen molar-refractivity contribution in [3.8, 4) is 5.75 Å². The van der Waals surface area contributed by atoms with E-state index in [0.717, 1.165) is 4.90 Å². The predicted molar refractivity (Wildman–Crippen MR) is 75.7 cm³/mol. The Morgan fingerprint density at radius 2 is 1.30 bits per heavy atom. The largest absolute Gasteiger partial charge is 0.508 e. The molecule has 3 rings (SSSR count). The second-order valence-corrected chi connectivity index (χ2v) is 5.09. The van der Waals surface area contributed by atoms with Crippen LogP contribution in [0.1, 0.15) is 20.7 Å². The van der Waals surface area contributed by atoms with Crippen LogP contribution >= 0.6 is 23.2 Å². The molecule has 0 atom stereocenters. The molecule has 2 aromatic rings. The Hall–Kier alpha value is -2.04. The number of imide groups is 1. The number of benzene rings is 2. The number of anilines is 1. The van der Waals surface area contributed by atoms with Gasteiger partial charge in [0, 0.05) is 0 Å². The number of aromatic hydroxyl groups is 1. The molecular weight excluding hydrogens is 301 g/mol. The third-order valence-corrected chi connectivity index (χ3v) is 3.76. The fraction of sp³-hybridized carbons (Fsp3) is 0. The number of phenolic OH excluding ortho intramolecular Hbond substituents is 1. The average molecular weight is 308 g/mol. The molecule has 6 heteroatoms.